The molecule has 1 amide bonds. The first-order valence-electron chi connectivity index (χ1n) is 9.84. The van der Waals surface area contributed by atoms with Crippen molar-refractivity contribution in [1.82, 2.24) is 5.32 Å². The largest absolute Gasteiger partial charge is 0.462 e. The molecule has 1 aromatic heterocycles. The molecule has 1 unspecified atom stereocenters. The average Bonchev–Trinajstić information content (AvgIpc) is 3.22. The van der Waals surface area contributed by atoms with Crippen molar-refractivity contribution in [2.24, 2.45) is 0 Å². The van der Waals surface area contributed by atoms with Crippen molar-refractivity contribution < 1.29 is 19.2 Å². The maximum Gasteiger partial charge on any atom is 0.341 e. The van der Waals surface area contributed by atoms with Crippen molar-refractivity contribution in [3.8, 4) is 11.1 Å². The number of hydrogen-bond donors (Lipinski definition) is 2. The summed E-state index contributed by atoms with van der Waals surface area (Å²) in [6, 6.07) is 14.2. The lowest BCUT2D eigenvalue weighted by atomic mass is 10.0. The van der Waals surface area contributed by atoms with Crippen LogP contribution in [0.15, 0.2) is 60.0 Å². The normalized spacial score (nSPS) is 12.0. The Bertz CT molecular complexity index is 1180. The first-order valence-corrected chi connectivity index (χ1v) is 11.9. The fraction of sp³-hybridized carbons (Fsp3) is 0.182. The summed E-state index contributed by atoms with van der Waals surface area (Å²) in [6.07, 6.45) is -1.25. The number of rotatable bonds is 8. The number of alkyl halides is 3. The van der Waals surface area contributed by atoms with Crippen LogP contribution in [0.2, 0.25) is 0 Å². The molecule has 1 atom stereocenters. The highest BCUT2D eigenvalue weighted by Crippen LogP contribution is 2.39. The van der Waals surface area contributed by atoms with E-state index in [9.17, 15) is 19.7 Å². The third kappa shape index (κ3) is 6.18. The number of carbonyl (C=O) groups is 2. The molecule has 8 nitrogen and oxygen atoms in total. The Morgan fingerprint density at radius 3 is 2.32 bits per heavy atom. The van der Waals surface area contributed by atoms with Crippen LogP contribution in [0.3, 0.4) is 0 Å². The second kappa shape index (κ2) is 11.1. The highest BCUT2D eigenvalue weighted by Gasteiger charge is 2.36. The predicted octanol–water partition coefficient (Wildman–Crippen LogP) is 6.04. The molecule has 12 heteroatoms. The number of nitro groups is 1. The molecule has 1 heterocycles. The van der Waals surface area contributed by atoms with Crippen LogP contribution in [0.25, 0.3) is 11.1 Å². The second-order valence-corrected chi connectivity index (χ2v) is 10.1. The molecule has 0 aliphatic heterocycles. The summed E-state index contributed by atoms with van der Waals surface area (Å²) < 4.78 is 3.21. The second-order valence-electron chi connectivity index (χ2n) is 6.84. The number of nitro benzene ring substituents is 1. The van der Waals surface area contributed by atoms with Crippen LogP contribution in [-0.4, -0.2) is 33.4 Å². The SMILES string of the molecule is CCOC(=O)c1c(-c2ccccc2)csc1NC(NC(=O)c1ccc([N+](=O)[O-])cc1)C(Cl)(Cl)Cl. The standard InChI is InChI=1S/C22H18Cl3N3O5S/c1-2-33-20(30)17-16(13-6-4-3-5-7-13)12-34-19(17)27-21(22(23,24)25)26-18(29)14-8-10-15(11-9-14)28(31)32/h3-12,21,27H,2H2,1H3,(H,26,29). The van der Waals surface area contributed by atoms with E-state index >= 15 is 0 Å². The monoisotopic (exact) mass is 541 g/mol. The van der Waals surface area contributed by atoms with E-state index in [-0.39, 0.29) is 23.4 Å². The maximum atomic E-state index is 12.8. The number of nitrogens with one attached hydrogen (secondary N) is 2. The van der Waals surface area contributed by atoms with Gasteiger partial charge in [0.25, 0.3) is 11.6 Å². The number of nitrogens with zero attached hydrogens (tertiary/aromatic N) is 1. The molecule has 0 saturated carbocycles. The first-order chi connectivity index (χ1) is 16.1. The lowest BCUT2D eigenvalue weighted by Gasteiger charge is -2.27. The Labute approximate surface area is 213 Å². The minimum atomic E-state index is -2.01. The zero-order chi connectivity index (χ0) is 24.9. The number of hydrogen-bond acceptors (Lipinski definition) is 7. The summed E-state index contributed by atoms with van der Waals surface area (Å²) in [5.74, 6) is -1.22. The number of esters is 1. The van der Waals surface area contributed by atoms with Gasteiger partial charge in [-0.05, 0) is 24.6 Å². The molecule has 3 aromatic rings. The Balaban J connectivity index is 1.92. The van der Waals surface area contributed by atoms with Crippen molar-refractivity contribution in [3.05, 3.63) is 81.2 Å². The maximum absolute atomic E-state index is 12.8. The number of non-ortho nitro benzene ring substituents is 1. The van der Waals surface area contributed by atoms with E-state index in [2.05, 4.69) is 10.6 Å². The number of thiophene rings is 1. The summed E-state index contributed by atoms with van der Waals surface area (Å²) in [6.45, 7) is 1.85. The van der Waals surface area contributed by atoms with Crippen LogP contribution in [0, 0.1) is 10.1 Å². The molecule has 0 aliphatic carbocycles. The molecule has 0 spiro atoms. The minimum absolute atomic E-state index is 0.119. The quantitative estimate of drug-likeness (QED) is 0.118. The molecule has 0 saturated heterocycles. The van der Waals surface area contributed by atoms with Crippen LogP contribution < -0.4 is 10.6 Å². The summed E-state index contributed by atoms with van der Waals surface area (Å²) in [4.78, 5) is 35.8. The zero-order valence-electron chi connectivity index (χ0n) is 17.6. The van der Waals surface area contributed by atoms with E-state index in [0.717, 1.165) is 5.56 Å². The molecular formula is C22H18Cl3N3O5S. The van der Waals surface area contributed by atoms with Crippen molar-refractivity contribution in [1.29, 1.82) is 0 Å². The molecule has 2 aromatic carbocycles. The van der Waals surface area contributed by atoms with Gasteiger partial charge < -0.3 is 15.4 Å². The van der Waals surface area contributed by atoms with E-state index < -0.39 is 26.8 Å². The van der Waals surface area contributed by atoms with E-state index in [1.807, 2.05) is 30.3 Å². The molecule has 2 N–H and O–H groups in total. The lowest BCUT2D eigenvalue weighted by molar-refractivity contribution is -0.384. The van der Waals surface area contributed by atoms with Gasteiger partial charge in [-0.1, -0.05) is 65.1 Å². The number of carbonyl (C=O) groups excluding carboxylic acids is 2. The molecule has 0 fully saturated rings. The summed E-state index contributed by atoms with van der Waals surface area (Å²) >= 11 is 19.5. The first kappa shape index (κ1) is 25.8. The van der Waals surface area contributed by atoms with Gasteiger partial charge >= 0.3 is 5.97 Å². The number of benzene rings is 2. The Morgan fingerprint density at radius 1 is 1.12 bits per heavy atom. The van der Waals surface area contributed by atoms with Gasteiger partial charge in [-0.15, -0.1) is 11.3 Å². The van der Waals surface area contributed by atoms with E-state index in [0.29, 0.717) is 10.6 Å². The fourth-order valence-corrected chi connectivity index (χ4v) is 4.29. The molecule has 0 radical (unpaired) electrons. The summed E-state index contributed by atoms with van der Waals surface area (Å²) in [5.41, 5.74) is 1.60. The fourth-order valence-electron chi connectivity index (χ4n) is 2.98. The molecule has 178 valence electrons. The van der Waals surface area contributed by atoms with Gasteiger partial charge in [-0.2, -0.15) is 0 Å². The third-order valence-electron chi connectivity index (χ3n) is 4.57. The third-order valence-corrected chi connectivity index (χ3v) is 6.14. The summed E-state index contributed by atoms with van der Waals surface area (Å²) in [5, 5.41) is 18.4. The number of amides is 1. The van der Waals surface area contributed by atoms with Crippen LogP contribution in [0.5, 0.6) is 0 Å². The number of halogens is 3. The number of ether oxygens (including phenoxy) is 1. The van der Waals surface area contributed by atoms with Gasteiger partial charge in [0.2, 0.25) is 3.79 Å². The Hall–Kier alpha value is -2.85. The van der Waals surface area contributed by atoms with Gasteiger partial charge in [0.05, 0.1) is 11.5 Å². The summed E-state index contributed by atoms with van der Waals surface area (Å²) in [7, 11) is 0. The van der Waals surface area contributed by atoms with Crippen LogP contribution in [0.4, 0.5) is 10.7 Å². The molecular weight excluding hydrogens is 525 g/mol. The van der Waals surface area contributed by atoms with Crippen molar-refractivity contribution >= 4 is 68.7 Å². The number of anilines is 1. The van der Waals surface area contributed by atoms with Crippen LogP contribution >= 0.6 is 46.1 Å². The van der Waals surface area contributed by atoms with Crippen molar-refractivity contribution in [2.75, 3.05) is 11.9 Å². The van der Waals surface area contributed by atoms with Gasteiger partial charge in [0, 0.05) is 28.6 Å². The Morgan fingerprint density at radius 2 is 1.76 bits per heavy atom. The smallest absolute Gasteiger partial charge is 0.341 e. The predicted molar refractivity (Wildman–Crippen MR) is 134 cm³/mol. The van der Waals surface area contributed by atoms with Gasteiger partial charge in [-0.25, -0.2) is 4.79 Å². The van der Waals surface area contributed by atoms with Gasteiger partial charge in [0.1, 0.15) is 16.7 Å². The van der Waals surface area contributed by atoms with Crippen LogP contribution in [-0.2, 0) is 4.74 Å². The van der Waals surface area contributed by atoms with Gasteiger partial charge in [0.15, 0.2) is 0 Å². The highest BCUT2D eigenvalue weighted by atomic mass is 35.6. The van der Waals surface area contributed by atoms with E-state index in [1.54, 1.807) is 12.3 Å². The van der Waals surface area contributed by atoms with Crippen molar-refractivity contribution in [2.45, 2.75) is 16.9 Å². The molecule has 3 rings (SSSR count). The van der Waals surface area contributed by atoms with E-state index in [4.69, 9.17) is 39.5 Å². The topological polar surface area (TPSA) is 111 Å². The molecule has 0 bridgehead atoms. The molecule has 34 heavy (non-hydrogen) atoms. The zero-order valence-corrected chi connectivity index (χ0v) is 20.7. The van der Waals surface area contributed by atoms with E-state index in [1.165, 1.54) is 35.6 Å². The van der Waals surface area contributed by atoms with Crippen LogP contribution in [0.1, 0.15) is 27.6 Å². The highest BCUT2D eigenvalue weighted by molar-refractivity contribution is 7.15. The Kier molecular flexibility index (Phi) is 8.37. The minimum Gasteiger partial charge on any atom is -0.462 e. The lowest BCUT2D eigenvalue weighted by Crippen LogP contribution is -2.49. The molecule has 0 aliphatic rings. The van der Waals surface area contributed by atoms with Gasteiger partial charge in [-0.3, -0.25) is 14.9 Å². The van der Waals surface area contributed by atoms with Crippen molar-refractivity contribution in [3.63, 3.8) is 0 Å². The average molecular weight is 543 g/mol.